The Bertz CT molecular complexity index is 1100. The number of nitrogens with one attached hydrogen (secondary N) is 2. The maximum Gasteiger partial charge on any atom is 0.241 e. The Morgan fingerprint density at radius 3 is 2.45 bits per heavy atom. The fraction of sp³-hybridized carbons (Fsp3) is 0.346. The van der Waals surface area contributed by atoms with Gasteiger partial charge in [0, 0.05) is 37.9 Å². The van der Waals surface area contributed by atoms with Crippen LogP contribution in [0, 0.1) is 13.8 Å². The molecule has 0 radical (unpaired) electrons. The first-order valence-corrected chi connectivity index (χ1v) is 11.2. The normalized spacial score (nSPS) is 21.6. The summed E-state index contributed by atoms with van der Waals surface area (Å²) >= 11 is 0. The number of anilines is 1. The van der Waals surface area contributed by atoms with Crippen molar-refractivity contribution in [3.8, 4) is 0 Å². The van der Waals surface area contributed by atoms with Gasteiger partial charge in [0.15, 0.2) is 0 Å². The maximum absolute atomic E-state index is 13.2. The van der Waals surface area contributed by atoms with Crippen molar-refractivity contribution in [1.82, 2.24) is 15.8 Å². The molecule has 2 heterocycles. The average molecular weight is 415 g/mol. The standard InChI is InChI=1S/C26H30N4O/c1-18-7-5-12-25(19(18)2)29-13-15-30(16-14-29)26(31)24-17-23(27-28-24)22-11-6-9-20-8-3-4-10-21(20)22/h3-12,23-24,27-28H,13-17H2,1-2H3. The van der Waals surface area contributed by atoms with Crippen molar-refractivity contribution in [1.29, 1.82) is 0 Å². The van der Waals surface area contributed by atoms with Crippen LogP contribution >= 0.6 is 0 Å². The number of benzene rings is 3. The van der Waals surface area contributed by atoms with Crippen LogP contribution in [0.4, 0.5) is 5.69 Å². The molecular formula is C26H30N4O. The Hall–Kier alpha value is -2.89. The van der Waals surface area contributed by atoms with Crippen LogP contribution in [0.15, 0.2) is 60.7 Å². The molecule has 2 N–H and O–H groups in total. The minimum absolute atomic E-state index is 0.135. The summed E-state index contributed by atoms with van der Waals surface area (Å²) in [4.78, 5) is 17.6. The van der Waals surface area contributed by atoms with Gasteiger partial charge in [0.05, 0.1) is 0 Å². The number of aryl methyl sites for hydroxylation is 1. The van der Waals surface area contributed by atoms with Gasteiger partial charge in [-0.25, -0.2) is 10.9 Å². The maximum atomic E-state index is 13.2. The molecule has 31 heavy (non-hydrogen) atoms. The van der Waals surface area contributed by atoms with Crippen LogP contribution in [0.2, 0.25) is 0 Å². The van der Waals surface area contributed by atoms with Gasteiger partial charge in [-0.1, -0.05) is 54.6 Å². The van der Waals surface area contributed by atoms with Crippen molar-refractivity contribution in [2.75, 3.05) is 31.1 Å². The number of carbonyl (C=O) groups is 1. The molecule has 3 aromatic carbocycles. The van der Waals surface area contributed by atoms with E-state index in [2.05, 4.69) is 90.3 Å². The molecule has 0 bridgehead atoms. The molecule has 2 aliphatic heterocycles. The molecule has 0 aromatic heterocycles. The second-order valence-electron chi connectivity index (χ2n) is 8.73. The van der Waals surface area contributed by atoms with Crippen LogP contribution in [-0.2, 0) is 4.79 Å². The van der Waals surface area contributed by atoms with E-state index >= 15 is 0 Å². The van der Waals surface area contributed by atoms with Gasteiger partial charge in [-0.2, -0.15) is 0 Å². The van der Waals surface area contributed by atoms with Crippen molar-refractivity contribution in [3.05, 3.63) is 77.4 Å². The third-order valence-electron chi connectivity index (χ3n) is 6.91. The highest BCUT2D eigenvalue weighted by atomic mass is 16.2. The van der Waals surface area contributed by atoms with E-state index in [-0.39, 0.29) is 18.0 Å². The molecule has 0 spiro atoms. The number of rotatable bonds is 3. The lowest BCUT2D eigenvalue weighted by atomic mass is 9.96. The van der Waals surface area contributed by atoms with E-state index in [1.807, 2.05) is 4.90 Å². The lowest BCUT2D eigenvalue weighted by Crippen LogP contribution is -2.53. The summed E-state index contributed by atoms with van der Waals surface area (Å²) in [5.41, 5.74) is 11.8. The number of hydrogen-bond donors (Lipinski definition) is 2. The van der Waals surface area contributed by atoms with E-state index in [0.717, 1.165) is 32.6 Å². The highest BCUT2D eigenvalue weighted by Crippen LogP contribution is 2.30. The van der Waals surface area contributed by atoms with Crippen LogP contribution < -0.4 is 15.8 Å². The molecule has 2 atom stereocenters. The second-order valence-corrected chi connectivity index (χ2v) is 8.73. The lowest BCUT2D eigenvalue weighted by Gasteiger charge is -2.38. The molecule has 0 aliphatic carbocycles. The monoisotopic (exact) mass is 414 g/mol. The fourth-order valence-electron chi connectivity index (χ4n) is 4.94. The Labute approximate surface area is 184 Å². The lowest BCUT2D eigenvalue weighted by molar-refractivity contribution is -0.133. The number of carbonyl (C=O) groups excluding carboxylic acids is 1. The summed E-state index contributed by atoms with van der Waals surface area (Å²) in [7, 11) is 0. The minimum atomic E-state index is -0.184. The number of piperazine rings is 1. The van der Waals surface area contributed by atoms with Gasteiger partial charge >= 0.3 is 0 Å². The van der Waals surface area contributed by atoms with Crippen LogP contribution in [0.1, 0.15) is 29.2 Å². The first-order valence-electron chi connectivity index (χ1n) is 11.2. The van der Waals surface area contributed by atoms with Crippen LogP contribution in [-0.4, -0.2) is 43.0 Å². The van der Waals surface area contributed by atoms with E-state index in [4.69, 9.17) is 0 Å². The molecule has 2 saturated heterocycles. The summed E-state index contributed by atoms with van der Waals surface area (Å²) in [6.45, 7) is 7.63. The molecule has 3 aromatic rings. The Morgan fingerprint density at radius 1 is 0.871 bits per heavy atom. The molecule has 2 fully saturated rings. The fourth-order valence-corrected chi connectivity index (χ4v) is 4.94. The van der Waals surface area contributed by atoms with Crippen LogP contribution in [0.3, 0.4) is 0 Å². The van der Waals surface area contributed by atoms with Gasteiger partial charge in [-0.05, 0) is 53.8 Å². The zero-order valence-electron chi connectivity index (χ0n) is 18.3. The molecule has 0 saturated carbocycles. The number of hydrazine groups is 1. The largest absolute Gasteiger partial charge is 0.368 e. The molecule has 160 valence electrons. The van der Waals surface area contributed by atoms with Crippen LogP contribution in [0.25, 0.3) is 10.8 Å². The third-order valence-corrected chi connectivity index (χ3v) is 6.91. The summed E-state index contributed by atoms with van der Waals surface area (Å²) in [6, 6.07) is 21.3. The first-order chi connectivity index (χ1) is 15.1. The third kappa shape index (κ3) is 3.80. The molecular weight excluding hydrogens is 384 g/mol. The summed E-state index contributed by atoms with van der Waals surface area (Å²) in [5, 5.41) is 2.48. The highest BCUT2D eigenvalue weighted by Gasteiger charge is 2.34. The number of nitrogens with zero attached hydrogens (tertiary/aromatic N) is 2. The number of fused-ring (bicyclic) bond motifs is 1. The van der Waals surface area contributed by atoms with E-state index < -0.39 is 0 Å². The zero-order chi connectivity index (χ0) is 21.4. The van der Waals surface area contributed by atoms with Gasteiger partial charge in [0.2, 0.25) is 5.91 Å². The summed E-state index contributed by atoms with van der Waals surface area (Å²) in [5.74, 6) is 0.204. The first kappa shape index (κ1) is 20.0. The SMILES string of the molecule is Cc1cccc(N2CCN(C(=O)C3CC(c4cccc5ccccc45)NN3)CC2)c1C. The van der Waals surface area contributed by atoms with E-state index in [1.54, 1.807) is 0 Å². The molecule has 2 aliphatic rings. The zero-order valence-corrected chi connectivity index (χ0v) is 18.3. The van der Waals surface area contributed by atoms with Crippen molar-refractivity contribution in [2.45, 2.75) is 32.4 Å². The molecule has 2 unspecified atom stereocenters. The Kier molecular flexibility index (Phi) is 5.38. The van der Waals surface area contributed by atoms with Crippen molar-refractivity contribution in [2.24, 2.45) is 0 Å². The quantitative estimate of drug-likeness (QED) is 0.686. The predicted molar refractivity (Wildman–Crippen MR) is 126 cm³/mol. The molecule has 5 rings (SSSR count). The van der Waals surface area contributed by atoms with Gasteiger partial charge in [-0.3, -0.25) is 4.79 Å². The summed E-state index contributed by atoms with van der Waals surface area (Å²) < 4.78 is 0. The van der Waals surface area contributed by atoms with E-state index in [0.29, 0.717) is 0 Å². The molecule has 5 heteroatoms. The van der Waals surface area contributed by atoms with Gasteiger partial charge in [0.25, 0.3) is 0 Å². The van der Waals surface area contributed by atoms with Gasteiger partial charge < -0.3 is 9.80 Å². The predicted octanol–water partition coefficient (Wildman–Crippen LogP) is 3.71. The average Bonchev–Trinajstić information content (AvgIpc) is 3.30. The number of hydrogen-bond acceptors (Lipinski definition) is 4. The Morgan fingerprint density at radius 2 is 1.61 bits per heavy atom. The summed E-state index contributed by atoms with van der Waals surface area (Å²) in [6.07, 6.45) is 0.768. The topological polar surface area (TPSA) is 47.6 Å². The number of amides is 1. The smallest absolute Gasteiger partial charge is 0.241 e. The van der Waals surface area contributed by atoms with E-state index in [9.17, 15) is 4.79 Å². The van der Waals surface area contributed by atoms with Gasteiger partial charge in [0.1, 0.15) is 6.04 Å². The van der Waals surface area contributed by atoms with Crippen LogP contribution in [0.5, 0.6) is 0 Å². The Balaban J connectivity index is 1.23. The minimum Gasteiger partial charge on any atom is -0.368 e. The van der Waals surface area contributed by atoms with Gasteiger partial charge in [-0.15, -0.1) is 0 Å². The van der Waals surface area contributed by atoms with Crippen molar-refractivity contribution < 1.29 is 4.79 Å². The second kappa shape index (κ2) is 8.33. The van der Waals surface area contributed by atoms with Crippen molar-refractivity contribution >= 4 is 22.4 Å². The molecule has 1 amide bonds. The molecule has 5 nitrogen and oxygen atoms in total. The van der Waals surface area contributed by atoms with Crippen molar-refractivity contribution in [3.63, 3.8) is 0 Å². The highest BCUT2D eigenvalue weighted by molar-refractivity contribution is 5.87. The van der Waals surface area contributed by atoms with E-state index in [1.165, 1.54) is 33.2 Å².